The maximum absolute atomic E-state index is 12.1. The average molecular weight is 385 g/mol. The Balaban J connectivity index is 2.10. The van der Waals surface area contributed by atoms with Crippen LogP contribution in [0.3, 0.4) is 0 Å². The van der Waals surface area contributed by atoms with Crippen molar-refractivity contribution in [1.29, 1.82) is 0 Å². The minimum Gasteiger partial charge on any atom is -0.430 e. The third-order valence-corrected chi connectivity index (χ3v) is 4.49. The maximum atomic E-state index is 12.1. The molecular formula is C15H13ClN2O6S. The van der Waals surface area contributed by atoms with E-state index in [-0.39, 0.29) is 16.2 Å². The summed E-state index contributed by atoms with van der Waals surface area (Å²) >= 11 is 5.70. The molecule has 2 aromatic rings. The normalized spacial score (nSPS) is 12.9. The van der Waals surface area contributed by atoms with Gasteiger partial charge >= 0.3 is 5.97 Å². The summed E-state index contributed by atoms with van der Waals surface area (Å²) in [6.45, 7) is 1.24. The van der Waals surface area contributed by atoms with Crippen molar-refractivity contribution in [3.8, 4) is 0 Å². The molecule has 10 heteroatoms. The number of rotatable bonds is 6. The van der Waals surface area contributed by atoms with E-state index in [0.29, 0.717) is 5.02 Å². The van der Waals surface area contributed by atoms with Gasteiger partial charge in [-0.2, -0.15) is 8.42 Å². The molecule has 0 fully saturated rings. The summed E-state index contributed by atoms with van der Waals surface area (Å²) in [7, 11) is -4.15. The largest absolute Gasteiger partial charge is 0.430 e. The molecule has 2 rings (SSSR count). The van der Waals surface area contributed by atoms with E-state index in [9.17, 15) is 13.2 Å². The van der Waals surface area contributed by atoms with Crippen molar-refractivity contribution >= 4 is 33.9 Å². The van der Waals surface area contributed by atoms with Gasteiger partial charge in [-0.25, -0.2) is 14.0 Å². The Labute approximate surface area is 148 Å². The van der Waals surface area contributed by atoms with Crippen LogP contribution in [0.15, 0.2) is 52.6 Å². The molecule has 1 unspecified atom stereocenters. The summed E-state index contributed by atoms with van der Waals surface area (Å²) in [6, 6.07) is 8.31. The van der Waals surface area contributed by atoms with E-state index in [4.69, 9.17) is 25.7 Å². The van der Waals surface area contributed by atoms with Crippen molar-refractivity contribution < 1.29 is 27.3 Å². The number of ether oxygens (including phenoxy) is 1. The fourth-order valence-electron chi connectivity index (χ4n) is 1.82. The molecule has 0 saturated carbocycles. The highest BCUT2D eigenvalue weighted by atomic mass is 35.5. The molecule has 25 heavy (non-hydrogen) atoms. The van der Waals surface area contributed by atoms with Gasteiger partial charge in [0, 0.05) is 16.8 Å². The van der Waals surface area contributed by atoms with Crippen molar-refractivity contribution in [3.05, 3.63) is 58.9 Å². The first-order chi connectivity index (χ1) is 11.8. The second-order valence-corrected chi connectivity index (χ2v) is 6.67. The summed E-state index contributed by atoms with van der Waals surface area (Å²) in [6.07, 6.45) is 0.926. The molecule has 0 aliphatic heterocycles. The number of carbonyl (C=O) groups excluding carboxylic acids is 1. The van der Waals surface area contributed by atoms with Crippen LogP contribution < -0.4 is 0 Å². The zero-order valence-corrected chi connectivity index (χ0v) is 14.4. The Bertz CT molecular complexity index is 883. The Morgan fingerprint density at radius 1 is 1.32 bits per heavy atom. The lowest BCUT2D eigenvalue weighted by Gasteiger charge is -2.14. The lowest BCUT2D eigenvalue weighted by atomic mass is 10.2. The molecule has 0 radical (unpaired) electrons. The average Bonchev–Trinajstić information content (AvgIpc) is 2.55. The van der Waals surface area contributed by atoms with Gasteiger partial charge in [0.15, 0.2) is 5.69 Å². The molecule has 1 heterocycles. The van der Waals surface area contributed by atoms with Crippen molar-refractivity contribution in [3.63, 3.8) is 0 Å². The molecule has 1 aromatic heterocycles. The van der Waals surface area contributed by atoms with Crippen LogP contribution in [-0.4, -0.2) is 37.1 Å². The van der Waals surface area contributed by atoms with Gasteiger partial charge in [-0.05, 0) is 43.3 Å². The van der Waals surface area contributed by atoms with Crippen LogP contribution in [0.25, 0.3) is 0 Å². The van der Waals surface area contributed by atoms with E-state index in [1.165, 1.54) is 49.5 Å². The number of benzene rings is 1. The van der Waals surface area contributed by atoms with Gasteiger partial charge in [0.1, 0.15) is 0 Å². The Morgan fingerprint density at radius 2 is 2.00 bits per heavy atom. The van der Waals surface area contributed by atoms with E-state index >= 15 is 0 Å². The van der Waals surface area contributed by atoms with Gasteiger partial charge in [0.25, 0.3) is 10.1 Å². The molecule has 0 aliphatic carbocycles. The number of hydrogen-bond donors (Lipinski definition) is 1. The van der Waals surface area contributed by atoms with Crippen molar-refractivity contribution in [2.75, 3.05) is 0 Å². The fourth-order valence-corrected chi connectivity index (χ4v) is 2.92. The third kappa shape index (κ3) is 4.99. The zero-order valence-electron chi connectivity index (χ0n) is 12.9. The van der Waals surface area contributed by atoms with Crippen LogP contribution in [0, 0.1) is 0 Å². The number of halogens is 1. The molecular weight excluding hydrogens is 372 g/mol. The highest BCUT2D eigenvalue weighted by molar-refractivity contribution is 7.86. The quantitative estimate of drug-likeness (QED) is 0.203. The molecule has 132 valence electrons. The smallest absolute Gasteiger partial charge is 0.359 e. The fraction of sp³-hybridized carbons (Fsp3) is 0.133. The van der Waals surface area contributed by atoms with Crippen LogP contribution in [0.1, 0.15) is 23.0 Å². The molecule has 1 aromatic carbocycles. The number of carbonyl (C=O) groups is 1. The molecule has 1 N–H and O–H groups in total. The summed E-state index contributed by atoms with van der Waals surface area (Å²) in [5, 5.41) is 11.8. The molecule has 8 nitrogen and oxygen atoms in total. The number of hydrogen-bond acceptors (Lipinski definition) is 8. The number of pyridine rings is 1. The van der Waals surface area contributed by atoms with Crippen LogP contribution in [0.5, 0.6) is 0 Å². The number of nitrogens with zero attached hydrogens (tertiary/aromatic N) is 2. The predicted molar refractivity (Wildman–Crippen MR) is 88.2 cm³/mol. The third-order valence-electron chi connectivity index (χ3n) is 2.87. The standard InChI is InChI=1S/C15H13ClN2O6S/c1-10(24-25(21,22)13-6-4-12(16)5-7-13)23-15(19)14-11(9-18-20)3-2-8-17-14/h2-10,20H,1H3. The monoisotopic (exact) mass is 384 g/mol. The SMILES string of the molecule is CC(OC(=O)c1ncccc1C=NO)OS(=O)(=O)c1ccc(Cl)cc1. The Morgan fingerprint density at radius 3 is 2.64 bits per heavy atom. The highest BCUT2D eigenvalue weighted by Gasteiger charge is 2.23. The predicted octanol–water partition coefficient (Wildman–Crippen LogP) is 2.45. The van der Waals surface area contributed by atoms with E-state index in [2.05, 4.69) is 10.1 Å². The summed E-state index contributed by atoms with van der Waals surface area (Å²) < 4.78 is 34.0. The number of aromatic nitrogens is 1. The molecule has 0 bridgehead atoms. The lowest BCUT2D eigenvalue weighted by Crippen LogP contribution is -2.23. The van der Waals surface area contributed by atoms with Gasteiger partial charge in [0.05, 0.1) is 11.1 Å². The number of esters is 1. The van der Waals surface area contributed by atoms with Crippen molar-refractivity contribution in [2.24, 2.45) is 5.16 Å². The van der Waals surface area contributed by atoms with Crippen molar-refractivity contribution in [2.45, 2.75) is 18.1 Å². The Kier molecular flexibility index (Phi) is 6.07. The zero-order chi connectivity index (χ0) is 18.4. The van der Waals surface area contributed by atoms with Crippen molar-refractivity contribution in [1.82, 2.24) is 4.98 Å². The van der Waals surface area contributed by atoms with Gasteiger partial charge in [-0.1, -0.05) is 16.8 Å². The van der Waals surface area contributed by atoms with Crippen LogP contribution >= 0.6 is 11.6 Å². The first kappa shape index (κ1) is 18.8. The summed E-state index contributed by atoms with van der Waals surface area (Å²) in [4.78, 5) is 15.8. The van der Waals surface area contributed by atoms with Gasteiger partial charge in [0.2, 0.25) is 6.29 Å². The van der Waals surface area contributed by atoms with E-state index in [1.54, 1.807) is 0 Å². The van der Waals surface area contributed by atoms with Crippen LogP contribution in [0.2, 0.25) is 5.02 Å². The van der Waals surface area contributed by atoms with E-state index < -0.39 is 22.4 Å². The molecule has 1 atom stereocenters. The van der Waals surface area contributed by atoms with Gasteiger partial charge in [-0.3, -0.25) is 0 Å². The minimum atomic E-state index is -4.15. The van der Waals surface area contributed by atoms with Gasteiger partial charge in [-0.15, -0.1) is 0 Å². The van der Waals surface area contributed by atoms with Gasteiger partial charge < -0.3 is 9.94 Å². The maximum Gasteiger partial charge on any atom is 0.359 e. The Hall–Kier alpha value is -2.49. The molecule has 0 amide bonds. The van der Waals surface area contributed by atoms with E-state index in [0.717, 1.165) is 6.21 Å². The first-order valence-electron chi connectivity index (χ1n) is 6.86. The van der Waals surface area contributed by atoms with Crippen LogP contribution in [0.4, 0.5) is 0 Å². The minimum absolute atomic E-state index is 0.134. The molecule has 0 spiro atoms. The topological polar surface area (TPSA) is 115 Å². The summed E-state index contributed by atoms with van der Waals surface area (Å²) in [5.41, 5.74) is 0.0439. The molecule has 0 aliphatic rings. The number of oxime groups is 1. The second kappa shape index (κ2) is 8.06. The lowest BCUT2D eigenvalue weighted by molar-refractivity contribution is -0.0341. The summed E-state index contributed by atoms with van der Waals surface area (Å²) in [5.74, 6) is -0.936. The van der Waals surface area contributed by atoms with E-state index in [1.807, 2.05) is 0 Å². The van der Waals surface area contributed by atoms with Crippen LogP contribution in [-0.2, 0) is 19.0 Å². The second-order valence-electron chi connectivity index (χ2n) is 4.66. The highest BCUT2D eigenvalue weighted by Crippen LogP contribution is 2.18. The first-order valence-corrected chi connectivity index (χ1v) is 8.64. The molecule has 0 saturated heterocycles.